The third-order valence-corrected chi connectivity index (χ3v) is 3.04. The molecule has 0 spiro atoms. The van der Waals surface area contributed by atoms with Gasteiger partial charge in [0, 0.05) is 18.8 Å². The molecule has 1 aromatic carbocycles. The van der Waals surface area contributed by atoms with Crippen molar-refractivity contribution in [2.75, 3.05) is 26.4 Å². The van der Waals surface area contributed by atoms with E-state index in [1.54, 1.807) is 6.07 Å². The Morgan fingerprint density at radius 2 is 2.25 bits per heavy atom. The zero-order chi connectivity index (χ0) is 11.7. The highest BCUT2D eigenvalue weighted by Crippen LogP contribution is 2.27. The second kappa shape index (κ2) is 4.14. The van der Waals surface area contributed by atoms with E-state index in [1.807, 2.05) is 6.07 Å². The summed E-state index contributed by atoms with van der Waals surface area (Å²) in [4.78, 5) is 13.7. The highest BCUT2D eigenvalue weighted by molar-refractivity contribution is 5.96. The molecule has 0 bridgehead atoms. The number of likely N-dealkylation sites (N-methyl/N-ethyl adjacent to an activating group) is 1. The van der Waals surface area contributed by atoms with Crippen molar-refractivity contribution < 1.29 is 9.53 Å². The lowest BCUT2D eigenvalue weighted by Gasteiger charge is -2.26. The van der Waals surface area contributed by atoms with Crippen LogP contribution in [0, 0.1) is 0 Å². The first-order chi connectivity index (χ1) is 7.63. The Bertz CT molecular complexity index is 429. The number of benzene rings is 1. The predicted molar refractivity (Wildman–Crippen MR) is 62.2 cm³/mol. The van der Waals surface area contributed by atoms with Crippen LogP contribution >= 0.6 is 0 Å². The second-order valence-electron chi connectivity index (χ2n) is 4.14. The van der Waals surface area contributed by atoms with Crippen molar-refractivity contribution in [1.29, 1.82) is 0 Å². The zero-order valence-corrected chi connectivity index (χ0v) is 9.62. The van der Waals surface area contributed by atoms with Gasteiger partial charge in [-0.2, -0.15) is 0 Å². The average Bonchev–Trinajstić information content (AvgIpc) is 2.28. The maximum Gasteiger partial charge on any atom is 0.339 e. The van der Waals surface area contributed by atoms with Gasteiger partial charge in [-0.15, -0.1) is 0 Å². The van der Waals surface area contributed by atoms with Crippen LogP contribution in [-0.2, 0) is 17.7 Å². The molecule has 0 fully saturated rings. The Labute approximate surface area is 95.0 Å². The third-order valence-electron chi connectivity index (χ3n) is 3.04. The van der Waals surface area contributed by atoms with Crippen molar-refractivity contribution in [3.63, 3.8) is 0 Å². The molecule has 2 N–H and O–H groups in total. The highest BCUT2D eigenvalue weighted by atomic mass is 16.5. The molecule has 0 radical (unpaired) electrons. The SMILES string of the molecule is COC(=O)c1ccc2c(c1N)CCN(C)C2. The number of nitrogens with two attached hydrogens (primary N) is 1. The smallest absolute Gasteiger partial charge is 0.339 e. The van der Waals surface area contributed by atoms with Gasteiger partial charge in [-0.1, -0.05) is 6.07 Å². The molecule has 1 aliphatic heterocycles. The van der Waals surface area contributed by atoms with Crippen molar-refractivity contribution in [2.45, 2.75) is 13.0 Å². The van der Waals surface area contributed by atoms with E-state index in [-0.39, 0.29) is 5.97 Å². The molecule has 16 heavy (non-hydrogen) atoms. The molecule has 1 aliphatic rings. The van der Waals surface area contributed by atoms with Gasteiger partial charge in [-0.3, -0.25) is 0 Å². The van der Waals surface area contributed by atoms with Crippen LogP contribution in [0.5, 0.6) is 0 Å². The predicted octanol–water partition coefficient (Wildman–Crippen LogP) is 1.04. The zero-order valence-electron chi connectivity index (χ0n) is 9.62. The fourth-order valence-electron chi connectivity index (χ4n) is 2.11. The van der Waals surface area contributed by atoms with Crippen LogP contribution in [-0.4, -0.2) is 31.6 Å². The quantitative estimate of drug-likeness (QED) is 0.567. The Kier molecular flexibility index (Phi) is 2.83. The maximum absolute atomic E-state index is 11.5. The number of rotatable bonds is 1. The molecule has 0 aliphatic carbocycles. The molecule has 1 aromatic rings. The van der Waals surface area contributed by atoms with Gasteiger partial charge in [0.25, 0.3) is 0 Å². The lowest BCUT2D eigenvalue weighted by molar-refractivity contribution is 0.0602. The van der Waals surface area contributed by atoms with Crippen LogP contribution in [0.15, 0.2) is 12.1 Å². The first-order valence-electron chi connectivity index (χ1n) is 5.30. The number of nitrogen functional groups attached to an aromatic ring is 1. The Morgan fingerprint density at radius 1 is 1.50 bits per heavy atom. The van der Waals surface area contributed by atoms with Crippen LogP contribution in [0.2, 0.25) is 0 Å². The molecule has 4 heteroatoms. The fraction of sp³-hybridized carbons (Fsp3) is 0.417. The van der Waals surface area contributed by atoms with Crippen LogP contribution in [0.4, 0.5) is 5.69 Å². The summed E-state index contributed by atoms with van der Waals surface area (Å²) in [6.45, 7) is 1.86. The molecule has 2 rings (SSSR count). The van der Waals surface area contributed by atoms with Gasteiger partial charge in [-0.25, -0.2) is 4.79 Å². The first-order valence-corrected chi connectivity index (χ1v) is 5.30. The van der Waals surface area contributed by atoms with E-state index in [0.717, 1.165) is 25.1 Å². The van der Waals surface area contributed by atoms with E-state index in [0.29, 0.717) is 11.3 Å². The van der Waals surface area contributed by atoms with E-state index in [1.165, 1.54) is 12.7 Å². The summed E-state index contributed by atoms with van der Waals surface area (Å²) >= 11 is 0. The normalized spacial score (nSPS) is 15.6. The van der Waals surface area contributed by atoms with Gasteiger partial charge in [0.05, 0.1) is 12.7 Å². The van der Waals surface area contributed by atoms with E-state index in [2.05, 4.69) is 11.9 Å². The topological polar surface area (TPSA) is 55.6 Å². The highest BCUT2D eigenvalue weighted by Gasteiger charge is 2.20. The largest absolute Gasteiger partial charge is 0.465 e. The number of methoxy groups -OCH3 is 1. The average molecular weight is 220 g/mol. The summed E-state index contributed by atoms with van der Waals surface area (Å²) in [5, 5.41) is 0. The molecule has 0 unspecified atom stereocenters. The van der Waals surface area contributed by atoms with Crippen molar-refractivity contribution >= 4 is 11.7 Å². The van der Waals surface area contributed by atoms with Crippen LogP contribution < -0.4 is 5.73 Å². The van der Waals surface area contributed by atoms with E-state index < -0.39 is 0 Å². The molecular weight excluding hydrogens is 204 g/mol. The number of nitrogens with zero attached hydrogens (tertiary/aromatic N) is 1. The number of esters is 1. The lowest BCUT2D eigenvalue weighted by atomic mass is 9.95. The number of carbonyl (C=O) groups excluding carboxylic acids is 1. The lowest BCUT2D eigenvalue weighted by Crippen LogP contribution is -2.27. The first kappa shape index (κ1) is 11.0. The minimum absolute atomic E-state index is 0.362. The standard InChI is InChI=1S/C12H16N2O2/c1-14-6-5-9-8(7-14)3-4-10(11(9)13)12(15)16-2/h3-4H,5-7,13H2,1-2H3. The number of carbonyl (C=O) groups is 1. The Hall–Kier alpha value is -1.55. The second-order valence-corrected chi connectivity index (χ2v) is 4.14. The molecule has 0 aromatic heterocycles. The van der Waals surface area contributed by atoms with Crippen molar-refractivity contribution in [3.05, 3.63) is 28.8 Å². The van der Waals surface area contributed by atoms with Crippen LogP contribution in [0.3, 0.4) is 0 Å². The fourth-order valence-corrected chi connectivity index (χ4v) is 2.11. The molecule has 0 atom stereocenters. The van der Waals surface area contributed by atoms with Gasteiger partial charge in [-0.05, 0) is 30.7 Å². The Balaban J connectivity index is 2.44. The summed E-state index contributed by atoms with van der Waals surface area (Å²) in [5.74, 6) is -0.362. The van der Waals surface area contributed by atoms with Crippen LogP contribution in [0.1, 0.15) is 21.5 Å². The van der Waals surface area contributed by atoms with Gasteiger partial charge in [0.1, 0.15) is 0 Å². The Morgan fingerprint density at radius 3 is 2.94 bits per heavy atom. The van der Waals surface area contributed by atoms with Crippen molar-refractivity contribution in [2.24, 2.45) is 0 Å². The maximum atomic E-state index is 11.5. The number of anilines is 1. The summed E-state index contributed by atoms with van der Waals surface area (Å²) in [7, 11) is 3.45. The van der Waals surface area contributed by atoms with E-state index in [4.69, 9.17) is 10.5 Å². The van der Waals surface area contributed by atoms with Crippen LogP contribution in [0.25, 0.3) is 0 Å². The molecule has 0 saturated heterocycles. The number of hydrogen-bond donors (Lipinski definition) is 1. The third kappa shape index (κ3) is 1.76. The van der Waals surface area contributed by atoms with Gasteiger partial charge < -0.3 is 15.4 Å². The molecule has 0 amide bonds. The number of ether oxygens (including phenoxy) is 1. The molecule has 1 heterocycles. The minimum Gasteiger partial charge on any atom is -0.465 e. The minimum atomic E-state index is -0.362. The monoisotopic (exact) mass is 220 g/mol. The van der Waals surface area contributed by atoms with Gasteiger partial charge >= 0.3 is 5.97 Å². The molecule has 86 valence electrons. The molecular formula is C12H16N2O2. The van der Waals surface area contributed by atoms with E-state index >= 15 is 0 Å². The van der Waals surface area contributed by atoms with Gasteiger partial charge in [0.2, 0.25) is 0 Å². The van der Waals surface area contributed by atoms with Gasteiger partial charge in [0.15, 0.2) is 0 Å². The van der Waals surface area contributed by atoms with Crippen molar-refractivity contribution in [3.8, 4) is 0 Å². The number of fused-ring (bicyclic) bond motifs is 1. The molecule has 0 saturated carbocycles. The molecule has 4 nitrogen and oxygen atoms in total. The number of hydrogen-bond acceptors (Lipinski definition) is 4. The summed E-state index contributed by atoms with van der Waals surface area (Å²) in [6, 6.07) is 3.72. The summed E-state index contributed by atoms with van der Waals surface area (Å²) in [6.07, 6.45) is 0.891. The van der Waals surface area contributed by atoms with E-state index in [9.17, 15) is 4.79 Å². The summed E-state index contributed by atoms with van der Waals surface area (Å²) in [5.41, 5.74) is 9.37. The van der Waals surface area contributed by atoms with Crippen molar-refractivity contribution in [1.82, 2.24) is 4.90 Å². The summed E-state index contributed by atoms with van der Waals surface area (Å²) < 4.78 is 4.70.